The normalized spacial score (nSPS) is 16.9. The SMILES string of the molecule is CCCCSC1CC(=O)N1/C(C(=O)OCc1ccc([N+](=O)[O-])cc1)=C(\CC)OS(=O)(=O)C(F)(F)F. The monoisotopic (exact) mass is 540 g/mol. The highest BCUT2D eigenvalue weighted by atomic mass is 32.2. The molecule has 0 bridgehead atoms. The summed E-state index contributed by atoms with van der Waals surface area (Å²) in [4.78, 5) is 36.3. The Kier molecular flexibility index (Phi) is 9.54. The Morgan fingerprint density at radius 2 is 1.89 bits per heavy atom. The lowest BCUT2D eigenvalue weighted by Crippen LogP contribution is -2.52. The van der Waals surface area contributed by atoms with Crippen LogP contribution in [0.4, 0.5) is 18.9 Å². The topological polar surface area (TPSA) is 133 Å². The molecule has 10 nitrogen and oxygen atoms in total. The van der Waals surface area contributed by atoms with Gasteiger partial charge < -0.3 is 8.92 Å². The van der Waals surface area contributed by atoms with Crippen molar-refractivity contribution in [1.82, 2.24) is 4.90 Å². The Bertz CT molecular complexity index is 1090. The molecule has 0 aliphatic carbocycles. The standard InChI is InChI=1S/C20H23F3N2O8S2/c1-3-5-10-34-17-11-16(26)24(17)18(15(4-2)33-35(30,31)20(21,22)23)19(27)32-12-13-6-8-14(9-7-13)25(28)29/h6-9,17H,3-5,10-12H2,1-2H3/b18-15+. The number of benzene rings is 1. The number of carbonyl (C=O) groups is 2. The first-order chi connectivity index (χ1) is 16.3. The van der Waals surface area contributed by atoms with E-state index in [0.29, 0.717) is 11.3 Å². The Labute approximate surface area is 203 Å². The zero-order valence-corrected chi connectivity index (χ0v) is 20.4. The zero-order valence-electron chi connectivity index (χ0n) is 18.7. The number of thioether (sulfide) groups is 1. The van der Waals surface area contributed by atoms with Gasteiger partial charge in [0.2, 0.25) is 5.91 Å². The molecule has 1 aliphatic heterocycles. The fourth-order valence-electron chi connectivity index (χ4n) is 2.88. The predicted octanol–water partition coefficient (Wildman–Crippen LogP) is 4.22. The van der Waals surface area contributed by atoms with Crippen LogP contribution in [-0.2, 0) is 35.2 Å². The molecule has 2 rings (SSSR count). The first-order valence-electron chi connectivity index (χ1n) is 10.4. The Morgan fingerprint density at radius 3 is 2.37 bits per heavy atom. The molecule has 1 aliphatic rings. The molecule has 1 atom stereocenters. The van der Waals surface area contributed by atoms with E-state index < -0.39 is 62.3 Å². The van der Waals surface area contributed by atoms with Crippen LogP contribution in [0.25, 0.3) is 0 Å². The number of halogens is 3. The first-order valence-corrected chi connectivity index (χ1v) is 12.9. The fourth-order valence-corrected chi connectivity index (χ4v) is 4.79. The maximum absolute atomic E-state index is 12.9. The van der Waals surface area contributed by atoms with E-state index >= 15 is 0 Å². The highest BCUT2D eigenvalue weighted by Crippen LogP contribution is 2.37. The number of hydrogen-bond acceptors (Lipinski definition) is 9. The van der Waals surface area contributed by atoms with E-state index in [-0.39, 0.29) is 12.1 Å². The van der Waals surface area contributed by atoms with Crippen LogP contribution >= 0.6 is 11.8 Å². The molecule has 0 saturated carbocycles. The van der Waals surface area contributed by atoms with Crippen LogP contribution in [0.5, 0.6) is 0 Å². The number of nitro groups is 1. The number of esters is 1. The van der Waals surface area contributed by atoms with E-state index in [9.17, 15) is 41.3 Å². The number of alkyl halides is 3. The number of amides is 1. The second kappa shape index (κ2) is 11.7. The molecule has 35 heavy (non-hydrogen) atoms. The van der Waals surface area contributed by atoms with Crippen LogP contribution in [0.2, 0.25) is 0 Å². The molecule has 1 amide bonds. The highest BCUT2D eigenvalue weighted by Gasteiger charge is 2.50. The minimum Gasteiger partial charge on any atom is -0.456 e. The van der Waals surface area contributed by atoms with Gasteiger partial charge in [0.25, 0.3) is 5.69 Å². The van der Waals surface area contributed by atoms with E-state index in [4.69, 9.17) is 4.74 Å². The lowest BCUT2D eigenvalue weighted by molar-refractivity contribution is -0.384. The molecule has 1 fully saturated rings. The predicted molar refractivity (Wildman–Crippen MR) is 119 cm³/mol. The summed E-state index contributed by atoms with van der Waals surface area (Å²) < 4.78 is 71.4. The van der Waals surface area contributed by atoms with Gasteiger partial charge in [-0.15, -0.1) is 11.8 Å². The zero-order chi connectivity index (χ0) is 26.4. The molecule has 1 heterocycles. The van der Waals surface area contributed by atoms with Gasteiger partial charge in [-0.05, 0) is 29.9 Å². The number of ether oxygens (including phenoxy) is 1. The van der Waals surface area contributed by atoms with Gasteiger partial charge in [0, 0.05) is 18.6 Å². The first kappa shape index (κ1) is 28.4. The third kappa shape index (κ3) is 7.10. The van der Waals surface area contributed by atoms with E-state index in [2.05, 4.69) is 4.18 Å². The summed E-state index contributed by atoms with van der Waals surface area (Å²) in [6.45, 7) is 2.75. The van der Waals surface area contributed by atoms with Crippen molar-refractivity contribution in [2.24, 2.45) is 0 Å². The second-order valence-corrected chi connectivity index (χ2v) is 10.1. The number of rotatable bonds is 12. The van der Waals surface area contributed by atoms with Crippen LogP contribution in [0.15, 0.2) is 35.7 Å². The van der Waals surface area contributed by atoms with Crippen molar-refractivity contribution < 1.29 is 45.0 Å². The molecule has 194 valence electrons. The molecule has 1 aromatic carbocycles. The maximum Gasteiger partial charge on any atom is 0.534 e. The molecule has 0 N–H and O–H groups in total. The molecule has 1 aromatic rings. The van der Waals surface area contributed by atoms with Crippen LogP contribution in [-0.4, -0.2) is 46.8 Å². The van der Waals surface area contributed by atoms with Gasteiger partial charge in [0.05, 0.1) is 16.7 Å². The Hall–Kier alpha value is -2.81. The molecule has 0 spiro atoms. The number of β-lactam (4-membered cyclic amide) rings is 1. The summed E-state index contributed by atoms with van der Waals surface area (Å²) in [7, 11) is -6.12. The number of carbonyl (C=O) groups excluding carboxylic acids is 2. The lowest BCUT2D eigenvalue weighted by Gasteiger charge is -2.40. The van der Waals surface area contributed by atoms with Crippen LogP contribution in [0.3, 0.4) is 0 Å². The number of nitrogens with zero attached hydrogens (tertiary/aromatic N) is 2. The summed E-state index contributed by atoms with van der Waals surface area (Å²) in [6, 6.07) is 4.93. The second-order valence-electron chi connectivity index (χ2n) is 7.26. The quantitative estimate of drug-likeness (QED) is 0.0440. The van der Waals surface area contributed by atoms with E-state index in [0.717, 1.165) is 29.9 Å². The van der Waals surface area contributed by atoms with Crippen molar-refractivity contribution in [2.75, 3.05) is 5.75 Å². The van der Waals surface area contributed by atoms with Crippen molar-refractivity contribution in [1.29, 1.82) is 0 Å². The van der Waals surface area contributed by atoms with Crippen LogP contribution in [0.1, 0.15) is 45.1 Å². The maximum atomic E-state index is 12.9. The average molecular weight is 541 g/mol. The number of nitro benzene ring substituents is 1. The van der Waals surface area contributed by atoms with Crippen LogP contribution in [0, 0.1) is 10.1 Å². The Balaban J connectivity index is 2.37. The van der Waals surface area contributed by atoms with Gasteiger partial charge in [0.15, 0.2) is 11.5 Å². The van der Waals surface area contributed by atoms with Gasteiger partial charge >= 0.3 is 21.6 Å². The molecular formula is C20H23F3N2O8S2. The molecule has 0 aromatic heterocycles. The number of unbranched alkanes of at least 4 members (excludes halogenated alkanes) is 1. The van der Waals surface area contributed by atoms with Gasteiger partial charge in [0.1, 0.15) is 6.61 Å². The van der Waals surface area contributed by atoms with Crippen molar-refractivity contribution >= 4 is 39.4 Å². The lowest BCUT2D eigenvalue weighted by atomic mass is 10.1. The van der Waals surface area contributed by atoms with Gasteiger partial charge in [-0.25, -0.2) is 4.79 Å². The number of likely N-dealkylation sites (tertiary alicyclic amines) is 1. The summed E-state index contributed by atoms with van der Waals surface area (Å²) in [5, 5.41) is 10.1. The van der Waals surface area contributed by atoms with E-state index in [1.807, 2.05) is 6.92 Å². The summed E-state index contributed by atoms with van der Waals surface area (Å²) >= 11 is 1.29. The van der Waals surface area contributed by atoms with Gasteiger partial charge in [-0.3, -0.25) is 19.8 Å². The molecule has 0 radical (unpaired) electrons. The third-order valence-electron chi connectivity index (χ3n) is 4.74. The van der Waals surface area contributed by atoms with E-state index in [1.54, 1.807) is 0 Å². The van der Waals surface area contributed by atoms with Crippen molar-refractivity contribution in [2.45, 2.75) is 57.0 Å². The molecular weight excluding hydrogens is 517 g/mol. The van der Waals surface area contributed by atoms with Crippen molar-refractivity contribution in [3.63, 3.8) is 0 Å². The minimum atomic E-state index is -6.12. The highest BCUT2D eigenvalue weighted by molar-refractivity contribution is 8.00. The number of non-ortho nitro benzene ring substituents is 1. The van der Waals surface area contributed by atoms with E-state index in [1.165, 1.54) is 30.8 Å². The van der Waals surface area contributed by atoms with Crippen LogP contribution < -0.4 is 0 Å². The summed E-state index contributed by atoms with van der Waals surface area (Å²) in [6.07, 6.45) is 1.16. The fraction of sp³-hybridized carbons (Fsp3) is 0.500. The van der Waals surface area contributed by atoms with Gasteiger partial charge in [-0.2, -0.15) is 21.6 Å². The van der Waals surface area contributed by atoms with Gasteiger partial charge in [-0.1, -0.05) is 20.3 Å². The molecule has 1 saturated heterocycles. The number of allylic oxidation sites excluding steroid dienone is 1. The summed E-state index contributed by atoms with van der Waals surface area (Å²) in [5.41, 5.74) is -6.38. The molecule has 1 unspecified atom stereocenters. The number of hydrogen-bond donors (Lipinski definition) is 0. The average Bonchev–Trinajstić information content (AvgIpc) is 2.78. The smallest absolute Gasteiger partial charge is 0.456 e. The largest absolute Gasteiger partial charge is 0.534 e. The molecule has 15 heteroatoms. The minimum absolute atomic E-state index is 0.00344. The summed E-state index contributed by atoms with van der Waals surface area (Å²) in [5.74, 6) is -2.17. The van der Waals surface area contributed by atoms with Crippen molar-refractivity contribution in [3.05, 3.63) is 51.4 Å². The third-order valence-corrected chi connectivity index (χ3v) is 7.02. The Morgan fingerprint density at radius 1 is 1.26 bits per heavy atom. The van der Waals surface area contributed by atoms with Crippen molar-refractivity contribution in [3.8, 4) is 0 Å².